The van der Waals surface area contributed by atoms with Crippen LogP contribution in [0.1, 0.15) is 16.7 Å². The lowest BCUT2D eigenvalue weighted by atomic mass is 10.0. The van der Waals surface area contributed by atoms with E-state index >= 15 is 0 Å². The van der Waals surface area contributed by atoms with E-state index in [9.17, 15) is 13.2 Å². The predicted octanol–water partition coefficient (Wildman–Crippen LogP) is 4.85. The molecule has 0 aliphatic heterocycles. The summed E-state index contributed by atoms with van der Waals surface area (Å²) in [6, 6.07) is 1.62. The first-order chi connectivity index (χ1) is 6.25. The third-order valence-electron chi connectivity index (χ3n) is 2.00. The zero-order chi connectivity index (χ0) is 11.1. The van der Waals surface area contributed by atoms with Crippen LogP contribution in [0.3, 0.4) is 0 Å². The monoisotopic (exact) mass is 330 g/mol. The average molecular weight is 332 g/mol. The van der Waals surface area contributed by atoms with Gasteiger partial charge in [-0.25, -0.2) is 0 Å². The van der Waals surface area contributed by atoms with E-state index in [0.717, 1.165) is 0 Å². The molecule has 0 nitrogen and oxygen atoms in total. The maximum absolute atomic E-state index is 12.6. The Hall–Kier alpha value is -0.0300. The fourth-order valence-corrected chi connectivity index (χ4v) is 2.43. The quantitative estimate of drug-likeness (QED) is 0.637. The largest absolute Gasteiger partial charge is 0.416 e. The van der Waals surface area contributed by atoms with Crippen LogP contribution in [0.4, 0.5) is 13.2 Å². The molecule has 14 heavy (non-hydrogen) atoms. The first kappa shape index (κ1) is 12.0. The summed E-state index contributed by atoms with van der Waals surface area (Å²) in [7, 11) is 0. The minimum absolute atomic E-state index is 0.221. The van der Waals surface area contributed by atoms with E-state index in [4.69, 9.17) is 0 Å². The molecular formula is C9H7Br2F3. The summed E-state index contributed by atoms with van der Waals surface area (Å²) in [4.78, 5) is 0. The van der Waals surface area contributed by atoms with E-state index < -0.39 is 11.7 Å². The number of halogens is 5. The van der Waals surface area contributed by atoms with Gasteiger partial charge in [-0.3, -0.25) is 0 Å². The lowest BCUT2D eigenvalue weighted by Gasteiger charge is -2.15. The van der Waals surface area contributed by atoms with E-state index in [2.05, 4.69) is 31.9 Å². The molecular weight excluding hydrogens is 325 g/mol. The summed E-state index contributed by atoms with van der Waals surface area (Å²) < 4.78 is 38.8. The molecule has 0 aliphatic rings. The molecule has 0 amide bonds. The second-order valence-electron chi connectivity index (χ2n) is 2.96. The Labute approximate surface area is 96.8 Å². The third-order valence-corrected chi connectivity index (χ3v) is 3.65. The van der Waals surface area contributed by atoms with Crippen molar-refractivity contribution in [2.45, 2.75) is 20.0 Å². The zero-order valence-electron chi connectivity index (χ0n) is 7.47. The predicted molar refractivity (Wildman–Crippen MR) is 56.3 cm³/mol. The van der Waals surface area contributed by atoms with Gasteiger partial charge >= 0.3 is 6.18 Å². The smallest absolute Gasteiger partial charge is 0.166 e. The Morgan fingerprint density at radius 3 is 1.64 bits per heavy atom. The van der Waals surface area contributed by atoms with Crippen LogP contribution in [-0.4, -0.2) is 0 Å². The van der Waals surface area contributed by atoms with Gasteiger partial charge in [-0.1, -0.05) is 31.9 Å². The van der Waals surface area contributed by atoms with Crippen molar-refractivity contribution in [2.24, 2.45) is 0 Å². The zero-order valence-corrected chi connectivity index (χ0v) is 10.6. The van der Waals surface area contributed by atoms with Crippen LogP contribution in [0.2, 0.25) is 0 Å². The Morgan fingerprint density at radius 2 is 1.36 bits per heavy atom. The van der Waals surface area contributed by atoms with Crippen molar-refractivity contribution in [3.05, 3.63) is 31.7 Å². The van der Waals surface area contributed by atoms with Gasteiger partial charge < -0.3 is 0 Å². The summed E-state index contributed by atoms with van der Waals surface area (Å²) in [6.45, 7) is 2.90. The van der Waals surface area contributed by atoms with E-state index in [-0.39, 0.29) is 11.1 Å². The van der Waals surface area contributed by atoms with E-state index in [1.165, 1.54) is 13.8 Å². The SMILES string of the molecule is Cc1c(Br)cc(Br)c(C)c1C(F)(F)F. The average Bonchev–Trinajstić information content (AvgIpc) is 1.98. The topological polar surface area (TPSA) is 0 Å². The second-order valence-corrected chi connectivity index (χ2v) is 4.67. The first-order valence-electron chi connectivity index (χ1n) is 3.77. The summed E-state index contributed by atoms with van der Waals surface area (Å²) in [5.74, 6) is 0. The van der Waals surface area contributed by atoms with Crippen LogP contribution in [0, 0.1) is 13.8 Å². The maximum Gasteiger partial charge on any atom is 0.416 e. The molecule has 0 N–H and O–H groups in total. The highest BCUT2D eigenvalue weighted by atomic mass is 79.9. The van der Waals surface area contributed by atoms with Gasteiger partial charge in [0.15, 0.2) is 0 Å². The normalized spacial score (nSPS) is 11.9. The summed E-state index contributed by atoms with van der Waals surface area (Å²) >= 11 is 6.19. The lowest BCUT2D eigenvalue weighted by Crippen LogP contribution is -2.10. The Bertz CT molecular complexity index is 343. The molecule has 0 heterocycles. The van der Waals surface area contributed by atoms with Crippen molar-refractivity contribution in [1.29, 1.82) is 0 Å². The Balaban J connectivity index is 3.56. The van der Waals surface area contributed by atoms with Crippen molar-refractivity contribution in [2.75, 3.05) is 0 Å². The van der Waals surface area contributed by atoms with Crippen LogP contribution in [0.25, 0.3) is 0 Å². The van der Waals surface area contributed by atoms with Gasteiger partial charge in [-0.05, 0) is 31.0 Å². The molecule has 0 atom stereocenters. The molecule has 1 rings (SSSR count). The molecule has 0 unspecified atom stereocenters. The van der Waals surface area contributed by atoms with Crippen molar-refractivity contribution >= 4 is 31.9 Å². The fourth-order valence-electron chi connectivity index (χ4n) is 1.27. The van der Waals surface area contributed by atoms with E-state index in [0.29, 0.717) is 8.95 Å². The summed E-state index contributed by atoms with van der Waals surface area (Å²) in [5, 5.41) is 0. The minimum atomic E-state index is -4.31. The van der Waals surface area contributed by atoms with Gasteiger partial charge in [0, 0.05) is 8.95 Å². The molecule has 1 aromatic carbocycles. The number of alkyl halides is 3. The maximum atomic E-state index is 12.6. The lowest BCUT2D eigenvalue weighted by molar-refractivity contribution is -0.138. The second kappa shape index (κ2) is 3.85. The molecule has 1 aromatic rings. The van der Waals surface area contributed by atoms with Crippen molar-refractivity contribution in [3.63, 3.8) is 0 Å². The molecule has 0 aromatic heterocycles. The highest BCUT2D eigenvalue weighted by molar-refractivity contribution is 9.11. The molecule has 0 spiro atoms. The first-order valence-corrected chi connectivity index (χ1v) is 5.36. The summed E-state index contributed by atoms with van der Waals surface area (Å²) in [6.07, 6.45) is -4.31. The van der Waals surface area contributed by atoms with Gasteiger partial charge in [0.2, 0.25) is 0 Å². The molecule has 0 saturated carbocycles. The van der Waals surface area contributed by atoms with Gasteiger partial charge in [-0.15, -0.1) is 0 Å². The number of rotatable bonds is 0. The van der Waals surface area contributed by atoms with Gasteiger partial charge in [-0.2, -0.15) is 13.2 Å². The van der Waals surface area contributed by atoms with Crippen LogP contribution in [0.15, 0.2) is 15.0 Å². The van der Waals surface area contributed by atoms with Gasteiger partial charge in [0.1, 0.15) is 0 Å². The Morgan fingerprint density at radius 1 is 1.00 bits per heavy atom. The molecule has 0 saturated heterocycles. The molecule has 0 bridgehead atoms. The number of hydrogen-bond acceptors (Lipinski definition) is 0. The van der Waals surface area contributed by atoms with Crippen LogP contribution >= 0.6 is 31.9 Å². The molecule has 5 heteroatoms. The number of benzene rings is 1. The Kier molecular flexibility index (Phi) is 3.31. The van der Waals surface area contributed by atoms with Crippen LogP contribution in [0.5, 0.6) is 0 Å². The molecule has 78 valence electrons. The number of hydrogen-bond donors (Lipinski definition) is 0. The van der Waals surface area contributed by atoms with Gasteiger partial charge in [0.05, 0.1) is 5.56 Å². The third kappa shape index (κ3) is 2.14. The van der Waals surface area contributed by atoms with Crippen molar-refractivity contribution in [3.8, 4) is 0 Å². The van der Waals surface area contributed by atoms with E-state index in [1.807, 2.05) is 0 Å². The van der Waals surface area contributed by atoms with Crippen molar-refractivity contribution < 1.29 is 13.2 Å². The highest BCUT2D eigenvalue weighted by Crippen LogP contribution is 2.40. The van der Waals surface area contributed by atoms with E-state index in [1.54, 1.807) is 6.07 Å². The highest BCUT2D eigenvalue weighted by Gasteiger charge is 2.35. The molecule has 0 fully saturated rings. The van der Waals surface area contributed by atoms with Crippen LogP contribution in [-0.2, 0) is 6.18 Å². The fraction of sp³-hybridized carbons (Fsp3) is 0.333. The minimum Gasteiger partial charge on any atom is -0.166 e. The summed E-state index contributed by atoms with van der Waals surface area (Å²) in [5.41, 5.74) is -0.129. The molecule has 0 aliphatic carbocycles. The standard InChI is InChI=1S/C9H7Br2F3/c1-4-6(10)3-7(11)5(2)8(4)9(12,13)14/h3H,1-2H3. The van der Waals surface area contributed by atoms with Crippen molar-refractivity contribution in [1.82, 2.24) is 0 Å². The van der Waals surface area contributed by atoms with Crippen LogP contribution < -0.4 is 0 Å². The molecule has 0 radical (unpaired) electrons. The van der Waals surface area contributed by atoms with Gasteiger partial charge in [0.25, 0.3) is 0 Å².